The van der Waals surface area contributed by atoms with E-state index in [1.165, 1.54) is 31.0 Å². The van der Waals surface area contributed by atoms with Gasteiger partial charge in [0, 0.05) is 6.54 Å². The molecular formula is C12H16ClN3S. The molecule has 0 unspecified atom stereocenters. The first-order valence-electron chi connectivity index (χ1n) is 5.97. The van der Waals surface area contributed by atoms with E-state index in [2.05, 4.69) is 21.0 Å². The Hall–Kier alpha value is -0.870. The van der Waals surface area contributed by atoms with Crippen LogP contribution in [0.2, 0.25) is 5.02 Å². The molecule has 0 aliphatic rings. The third-order valence-electron chi connectivity index (χ3n) is 2.71. The first kappa shape index (κ1) is 12.6. The van der Waals surface area contributed by atoms with Gasteiger partial charge in [0.05, 0.1) is 22.4 Å². The second kappa shape index (κ2) is 6.17. The van der Waals surface area contributed by atoms with Crippen LogP contribution in [0.25, 0.3) is 11.0 Å². The van der Waals surface area contributed by atoms with E-state index in [1.54, 1.807) is 0 Å². The van der Waals surface area contributed by atoms with Crippen molar-refractivity contribution in [2.45, 2.75) is 32.6 Å². The number of hydrogen-bond acceptors (Lipinski definition) is 4. The Bertz CT molecular complexity index is 484. The average molecular weight is 270 g/mol. The third-order valence-corrected chi connectivity index (χ3v) is 3.57. The lowest BCUT2D eigenvalue weighted by Crippen LogP contribution is -2.02. The SMILES string of the molecule is CCCCCCNc1c(Cl)ccc2nsnc12. The fraction of sp³-hybridized carbons (Fsp3) is 0.500. The van der Waals surface area contributed by atoms with Crippen molar-refractivity contribution >= 4 is 40.0 Å². The zero-order chi connectivity index (χ0) is 12.1. The summed E-state index contributed by atoms with van der Waals surface area (Å²) >= 11 is 7.40. The van der Waals surface area contributed by atoms with E-state index in [1.807, 2.05) is 12.1 Å². The van der Waals surface area contributed by atoms with Crippen LogP contribution in [0.15, 0.2) is 12.1 Å². The van der Waals surface area contributed by atoms with E-state index >= 15 is 0 Å². The summed E-state index contributed by atoms with van der Waals surface area (Å²) in [7, 11) is 0. The minimum Gasteiger partial charge on any atom is -0.382 e. The van der Waals surface area contributed by atoms with Crippen LogP contribution in [-0.2, 0) is 0 Å². The molecule has 1 aromatic carbocycles. The molecule has 0 bridgehead atoms. The molecule has 92 valence electrons. The van der Waals surface area contributed by atoms with Gasteiger partial charge in [-0.15, -0.1) is 0 Å². The van der Waals surface area contributed by atoms with Gasteiger partial charge in [0.15, 0.2) is 0 Å². The van der Waals surface area contributed by atoms with E-state index < -0.39 is 0 Å². The topological polar surface area (TPSA) is 37.8 Å². The second-order valence-corrected chi connectivity index (χ2v) is 4.98. The van der Waals surface area contributed by atoms with Gasteiger partial charge in [0.25, 0.3) is 0 Å². The summed E-state index contributed by atoms with van der Waals surface area (Å²) in [4.78, 5) is 0. The molecule has 1 N–H and O–H groups in total. The van der Waals surface area contributed by atoms with Crippen LogP contribution >= 0.6 is 23.3 Å². The third kappa shape index (κ3) is 3.07. The molecule has 17 heavy (non-hydrogen) atoms. The summed E-state index contributed by atoms with van der Waals surface area (Å²) in [6, 6.07) is 3.78. The average Bonchev–Trinajstić information content (AvgIpc) is 2.79. The van der Waals surface area contributed by atoms with Crippen molar-refractivity contribution in [2.24, 2.45) is 0 Å². The van der Waals surface area contributed by atoms with Crippen LogP contribution in [0.4, 0.5) is 5.69 Å². The number of rotatable bonds is 6. The number of halogens is 1. The standard InChI is InChI=1S/C12H16ClN3S/c1-2-3-4-5-8-14-11-9(13)6-7-10-12(11)16-17-15-10/h6-7,14H,2-5,8H2,1H3. The minimum atomic E-state index is 0.723. The monoisotopic (exact) mass is 269 g/mol. The predicted molar refractivity (Wildman–Crippen MR) is 75.1 cm³/mol. The molecule has 3 nitrogen and oxygen atoms in total. The summed E-state index contributed by atoms with van der Waals surface area (Å²) < 4.78 is 8.49. The Morgan fingerprint density at radius 2 is 2.12 bits per heavy atom. The highest BCUT2D eigenvalue weighted by atomic mass is 35.5. The summed E-state index contributed by atoms with van der Waals surface area (Å²) in [5, 5.41) is 4.10. The van der Waals surface area contributed by atoms with E-state index in [-0.39, 0.29) is 0 Å². The first-order chi connectivity index (χ1) is 8.33. The highest BCUT2D eigenvalue weighted by Gasteiger charge is 2.08. The Labute approximate surface area is 111 Å². The molecule has 0 aliphatic carbocycles. The number of unbranched alkanes of at least 4 members (excludes halogenated alkanes) is 3. The molecule has 1 heterocycles. The van der Waals surface area contributed by atoms with Gasteiger partial charge in [0.1, 0.15) is 11.0 Å². The number of nitrogens with one attached hydrogen (secondary N) is 1. The Balaban J connectivity index is 2.02. The van der Waals surface area contributed by atoms with Gasteiger partial charge in [-0.1, -0.05) is 37.8 Å². The zero-order valence-corrected chi connectivity index (χ0v) is 11.4. The van der Waals surface area contributed by atoms with Crippen molar-refractivity contribution in [3.63, 3.8) is 0 Å². The van der Waals surface area contributed by atoms with Crippen molar-refractivity contribution in [2.75, 3.05) is 11.9 Å². The highest BCUT2D eigenvalue weighted by molar-refractivity contribution is 7.00. The van der Waals surface area contributed by atoms with Crippen LogP contribution < -0.4 is 5.32 Å². The summed E-state index contributed by atoms with van der Waals surface area (Å²) in [6.07, 6.45) is 4.97. The minimum absolute atomic E-state index is 0.723. The van der Waals surface area contributed by atoms with Crippen molar-refractivity contribution in [3.05, 3.63) is 17.2 Å². The predicted octanol–water partition coefficient (Wildman–Crippen LogP) is 4.34. The van der Waals surface area contributed by atoms with E-state index in [4.69, 9.17) is 11.6 Å². The van der Waals surface area contributed by atoms with Gasteiger partial charge < -0.3 is 5.32 Å². The van der Waals surface area contributed by atoms with Crippen LogP contribution in [0, 0.1) is 0 Å². The number of benzene rings is 1. The summed E-state index contributed by atoms with van der Waals surface area (Å²) in [6.45, 7) is 3.16. The number of anilines is 1. The normalized spacial score (nSPS) is 10.9. The molecule has 0 spiro atoms. The number of nitrogens with zero attached hydrogens (tertiary/aromatic N) is 2. The lowest BCUT2D eigenvalue weighted by molar-refractivity contribution is 0.685. The zero-order valence-electron chi connectivity index (χ0n) is 9.87. The van der Waals surface area contributed by atoms with E-state index in [9.17, 15) is 0 Å². The Morgan fingerprint density at radius 3 is 2.94 bits per heavy atom. The number of hydrogen-bond donors (Lipinski definition) is 1. The van der Waals surface area contributed by atoms with Crippen molar-refractivity contribution in [1.29, 1.82) is 0 Å². The van der Waals surface area contributed by atoms with Gasteiger partial charge in [0.2, 0.25) is 0 Å². The van der Waals surface area contributed by atoms with Gasteiger partial charge in [-0.05, 0) is 18.6 Å². The Kier molecular flexibility index (Phi) is 4.57. The van der Waals surface area contributed by atoms with Crippen molar-refractivity contribution in [1.82, 2.24) is 8.75 Å². The van der Waals surface area contributed by atoms with Gasteiger partial charge in [-0.25, -0.2) is 0 Å². The van der Waals surface area contributed by atoms with Crippen LogP contribution in [0.1, 0.15) is 32.6 Å². The fourth-order valence-corrected chi connectivity index (χ4v) is 2.52. The lowest BCUT2D eigenvalue weighted by atomic mass is 10.2. The molecule has 0 aliphatic heterocycles. The van der Waals surface area contributed by atoms with Gasteiger partial charge in [-0.3, -0.25) is 0 Å². The quantitative estimate of drug-likeness (QED) is 0.793. The molecule has 0 radical (unpaired) electrons. The van der Waals surface area contributed by atoms with Crippen molar-refractivity contribution in [3.8, 4) is 0 Å². The molecule has 2 rings (SSSR count). The molecule has 1 aromatic heterocycles. The van der Waals surface area contributed by atoms with Gasteiger partial charge in [-0.2, -0.15) is 8.75 Å². The van der Waals surface area contributed by atoms with Crippen molar-refractivity contribution < 1.29 is 0 Å². The highest BCUT2D eigenvalue weighted by Crippen LogP contribution is 2.29. The van der Waals surface area contributed by atoms with Crippen LogP contribution in [0.3, 0.4) is 0 Å². The smallest absolute Gasteiger partial charge is 0.129 e. The largest absolute Gasteiger partial charge is 0.382 e. The molecule has 5 heteroatoms. The molecule has 0 saturated carbocycles. The molecule has 0 amide bonds. The summed E-state index contributed by atoms with van der Waals surface area (Å²) in [5.74, 6) is 0. The number of aromatic nitrogens is 2. The van der Waals surface area contributed by atoms with Crippen LogP contribution in [-0.4, -0.2) is 15.3 Å². The second-order valence-electron chi connectivity index (χ2n) is 4.04. The molecule has 0 fully saturated rings. The molecule has 0 saturated heterocycles. The van der Waals surface area contributed by atoms with E-state index in [0.29, 0.717) is 0 Å². The maximum absolute atomic E-state index is 6.17. The molecule has 0 atom stereocenters. The van der Waals surface area contributed by atoms with E-state index in [0.717, 1.165) is 34.7 Å². The lowest BCUT2D eigenvalue weighted by Gasteiger charge is -2.08. The van der Waals surface area contributed by atoms with Gasteiger partial charge >= 0.3 is 0 Å². The Morgan fingerprint density at radius 1 is 1.24 bits per heavy atom. The summed E-state index contributed by atoms with van der Waals surface area (Å²) in [5.41, 5.74) is 2.72. The maximum Gasteiger partial charge on any atom is 0.129 e. The fourth-order valence-electron chi connectivity index (χ4n) is 1.76. The number of fused-ring (bicyclic) bond motifs is 1. The molecule has 2 aromatic rings. The first-order valence-corrected chi connectivity index (χ1v) is 7.08. The molecular weight excluding hydrogens is 254 g/mol. The maximum atomic E-state index is 6.17. The van der Waals surface area contributed by atoms with Crippen LogP contribution in [0.5, 0.6) is 0 Å².